The molecule has 0 aliphatic carbocycles. The van der Waals surface area contributed by atoms with Crippen molar-refractivity contribution in [2.24, 2.45) is 11.8 Å². The third-order valence-electron chi connectivity index (χ3n) is 2.76. The fourth-order valence-electron chi connectivity index (χ4n) is 1.52. The van der Waals surface area contributed by atoms with E-state index < -0.39 is 0 Å². The average Bonchev–Trinajstić information content (AvgIpc) is 2.52. The topological polar surface area (TPSA) is 33.1 Å². The van der Waals surface area contributed by atoms with Crippen LogP contribution in [0.3, 0.4) is 0 Å². The van der Waals surface area contributed by atoms with Crippen molar-refractivity contribution >= 4 is 11.3 Å². The molecule has 1 N–H and O–H groups in total. The van der Waals surface area contributed by atoms with E-state index in [4.69, 9.17) is 0 Å². The van der Waals surface area contributed by atoms with Crippen LogP contribution in [0.15, 0.2) is 5.51 Å². The summed E-state index contributed by atoms with van der Waals surface area (Å²) in [5.74, 6) is 0.990. The minimum atomic E-state index is 0.301. The molecule has 1 unspecified atom stereocenters. The molecule has 1 aromatic heterocycles. The molecule has 0 aromatic carbocycles. The Kier molecular flexibility index (Phi) is 4.55. The summed E-state index contributed by atoms with van der Waals surface area (Å²) in [6, 6.07) is 0. The van der Waals surface area contributed by atoms with Crippen molar-refractivity contribution in [1.29, 1.82) is 0 Å². The zero-order chi connectivity index (χ0) is 10.6. The van der Waals surface area contributed by atoms with Crippen molar-refractivity contribution in [1.82, 2.24) is 4.98 Å². The molecule has 0 saturated carbocycles. The van der Waals surface area contributed by atoms with Gasteiger partial charge in [0.2, 0.25) is 0 Å². The first-order valence-electron chi connectivity index (χ1n) is 5.15. The Balaban J connectivity index is 2.43. The Bertz CT molecular complexity index is 270. The van der Waals surface area contributed by atoms with E-state index in [9.17, 15) is 5.11 Å². The normalized spacial score (nSPS) is 13.5. The van der Waals surface area contributed by atoms with Gasteiger partial charge in [-0.05, 0) is 31.6 Å². The highest BCUT2D eigenvalue weighted by atomic mass is 32.1. The van der Waals surface area contributed by atoms with Crippen molar-refractivity contribution in [3.63, 3.8) is 0 Å². The minimum absolute atomic E-state index is 0.301. The minimum Gasteiger partial charge on any atom is -0.396 e. The molecule has 1 atom stereocenters. The molecule has 0 saturated heterocycles. The first-order valence-corrected chi connectivity index (χ1v) is 6.03. The summed E-state index contributed by atoms with van der Waals surface area (Å²) in [4.78, 5) is 5.59. The number of nitrogens with zero attached hydrogens (tertiary/aromatic N) is 1. The van der Waals surface area contributed by atoms with Crippen LogP contribution >= 0.6 is 11.3 Å². The molecule has 0 amide bonds. The summed E-state index contributed by atoms with van der Waals surface area (Å²) in [6.07, 6.45) is 2.12. The SMILES string of the molecule is Cc1ncsc1CCC(CO)C(C)C. The summed E-state index contributed by atoms with van der Waals surface area (Å²) >= 11 is 1.72. The smallest absolute Gasteiger partial charge is 0.0797 e. The second-order valence-corrected chi connectivity index (χ2v) is 5.03. The molecular formula is C11H19NOS. The maximum Gasteiger partial charge on any atom is 0.0797 e. The van der Waals surface area contributed by atoms with Gasteiger partial charge in [-0.15, -0.1) is 11.3 Å². The monoisotopic (exact) mass is 213 g/mol. The van der Waals surface area contributed by atoms with Crippen LogP contribution in [0, 0.1) is 18.8 Å². The Morgan fingerprint density at radius 1 is 1.50 bits per heavy atom. The third-order valence-corrected chi connectivity index (χ3v) is 3.76. The third kappa shape index (κ3) is 3.07. The lowest BCUT2D eigenvalue weighted by molar-refractivity contribution is 0.181. The number of thiazole rings is 1. The van der Waals surface area contributed by atoms with Crippen molar-refractivity contribution in [2.75, 3.05) is 6.61 Å². The molecule has 0 spiro atoms. The first-order chi connectivity index (χ1) is 6.65. The average molecular weight is 213 g/mol. The summed E-state index contributed by atoms with van der Waals surface area (Å²) in [7, 11) is 0. The van der Waals surface area contributed by atoms with Crippen molar-refractivity contribution < 1.29 is 5.11 Å². The van der Waals surface area contributed by atoms with E-state index >= 15 is 0 Å². The number of hydrogen-bond donors (Lipinski definition) is 1. The lowest BCUT2D eigenvalue weighted by Crippen LogP contribution is -2.14. The highest BCUT2D eigenvalue weighted by Gasteiger charge is 2.13. The molecule has 0 fully saturated rings. The molecule has 3 heteroatoms. The lowest BCUT2D eigenvalue weighted by Gasteiger charge is -2.17. The van der Waals surface area contributed by atoms with Gasteiger partial charge in [0.25, 0.3) is 0 Å². The number of aryl methyl sites for hydroxylation is 2. The Morgan fingerprint density at radius 2 is 2.21 bits per heavy atom. The van der Waals surface area contributed by atoms with Crippen LogP contribution in [-0.2, 0) is 6.42 Å². The molecule has 0 aliphatic heterocycles. The van der Waals surface area contributed by atoms with Crippen molar-refractivity contribution in [3.8, 4) is 0 Å². The van der Waals surface area contributed by atoms with E-state index in [1.54, 1.807) is 11.3 Å². The van der Waals surface area contributed by atoms with Gasteiger partial charge in [0.05, 0.1) is 11.2 Å². The number of hydrogen-bond acceptors (Lipinski definition) is 3. The second-order valence-electron chi connectivity index (χ2n) is 4.09. The highest BCUT2D eigenvalue weighted by Crippen LogP contribution is 2.21. The van der Waals surface area contributed by atoms with Crippen LogP contribution in [-0.4, -0.2) is 16.7 Å². The molecule has 80 valence electrons. The van der Waals surface area contributed by atoms with Crippen LogP contribution in [0.1, 0.15) is 30.8 Å². The van der Waals surface area contributed by atoms with E-state index in [-0.39, 0.29) is 0 Å². The van der Waals surface area contributed by atoms with Gasteiger partial charge in [0.1, 0.15) is 0 Å². The van der Waals surface area contributed by atoms with E-state index in [0.29, 0.717) is 18.4 Å². The fraction of sp³-hybridized carbons (Fsp3) is 0.727. The highest BCUT2D eigenvalue weighted by molar-refractivity contribution is 7.09. The molecule has 14 heavy (non-hydrogen) atoms. The summed E-state index contributed by atoms with van der Waals surface area (Å²) in [5.41, 5.74) is 3.05. The maximum atomic E-state index is 9.18. The van der Waals surface area contributed by atoms with E-state index in [2.05, 4.69) is 25.8 Å². The zero-order valence-corrected chi connectivity index (χ0v) is 9.97. The molecule has 0 aliphatic rings. The molecule has 0 bridgehead atoms. The van der Waals surface area contributed by atoms with Crippen LogP contribution in [0.4, 0.5) is 0 Å². The number of rotatable bonds is 5. The van der Waals surface area contributed by atoms with Gasteiger partial charge < -0.3 is 5.11 Å². The van der Waals surface area contributed by atoms with E-state index in [1.165, 1.54) is 4.88 Å². The van der Waals surface area contributed by atoms with E-state index in [0.717, 1.165) is 18.5 Å². The molecule has 1 rings (SSSR count). The Hall–Kier alpha value is -0.410. The quantitative estimate of drug-likeness (QED) is 0.815. The first kappa shape index (κ1) is 11.7. The molecule has 1 aromatic rings. The predicted molar refractivity (Wildman–Crippen MR) is 60.6 cm³/mol. The number of aliphatic hydroxyl groups excluding tert-OH is 1. The predicted octanol–water partition coefficient (Wildman–Crippen LogP) is 2.65. The molecule has 2 nitrogen and oxygen atoms in total. The lowest BCUT2D eigenvalue weighted by atomic mass is 9.92. The summed E-state index contributed by atoms with van der Waals surface area (Å²) in [5, 5.41) is 9.18. The zero-order valence-electron chi connectivity index (χ0n) is 9.16. The molecule has 1 heterocycles. The van der Waals surface area contributed by atoms with Crippen LogP contribution in [0.5, 0.6) is 0 Å². The fourth-order valence-corrected chi connectivity index (χ4v) is 2.32. The van der Waals surface area contributed by atoms with Crippen LogP contribution in [0.2, 0.25) is 0 Å². The Labute approximate surface area is 90.0 Å². The molecule has 0 radical (unpaired) electrons. The van der Waals surface area contributed by atoms with Gasteiger partial charge in [-0.25, -0.2) is 4.98 Å². The summed E-state index contributed by atoms with van der Waals surface area (Å²) in [6.45, 7) is 6.69. The van der Waals surface area contributed by atoms with Gasteiger partial charge in [0, 0.05) is 11.5 Å². The van der Waals surface area contributed by atoms with Gasteiger partial charge >= 0.3 is 0 Å². The van der Waals surface area contributed by atoms with Gasteiger partial charge in [-0.1, -0.05) is 13.8 Å². The van der Waals surface area contributed by atoms with Crippen molar-refractivity contribution in [2.45, 2.75) is 33.6 Å². The van der Waals surface area contributed by atoms with Gasteiger partial charge in [-0.2, -0.15) is 0 Å². The summed E-state index contributed by atoms with van der Waals surface area (Å²) < 4.78 is 0. The second kappa shape index (κ2) is 5.47. The van der Waals surface area contributed by atoms with Crippen LogP contribution in [0.25, 0.3) is 0 Å². The standard InChI is InChI=1S/C11H19NOS/c1-8(2)10(6-13)4-5-11-9(3)12-7-14-11/h7-8,10,13H,4-6H2,1-3H3. The number of aliphatic hydroxyl groups is 1. The number of aromatic nitrogens is 1. The largest absolute Gasteiger partial charge is 0.396 e. The van der Waals surface area contributed by atoms with Gasteiger partial charge in [0.15, 0.2) is 0 Å². The van der Waals surface area contributed by atoms with E-state index in [1.807, 2.05) is 5.51 Å². The van der Waals surface area contributed by atoms with Crippen LogP contribution < -0.4 is 0 Å². The van der Waals surface area contributed by atoms with Gasteiger partial charge in [-0.3, -0.25) is 0 Å². The molecular weight excluding hydrogens is 194 g/mol. The Morgan fingerprint density at radius 3 is 2.64 bits per heavy atom. The maximum absolute atomic E-state index is 9.18. The van der Waals surface area contributed by atoms with Crippen molar-refractivity contribution in [3.05, 3.63) is 16.1 Å².